The first-order valence-electron chi connectivity index (χ1n) is 7.94. The van der Waals surface area contributed by atoms with Gasteiger partial charge in [-0.1, -0.05) is 6.07 Å². The highest BCUT2D eigenvalue weighted by Crippen LogP contribution is 2.57. The molecule has 1 aromatic carbocycles. The van der Waals surface area contributed by atoms with Crippen LogP contribution in [-0.4, -0.2) is 16.6 Å². The Labute approximate surface area is 139 Å². The average molecular weight is 321 g/mol. The molecule has 0 aliphatic heterocycles. The Morgan fingerprint density at radius 2 is 2.08 bits per heavy atom. The SMILES string of the molecule is CC(=O)CC12CC(=O)C(C)=C1c1cc(F)ccc1-c1ncccc12. The van der Waals surface area contributed by atoms with Crippen LogP contribution in [0.5, 0.6) is 0 Å². The van der Waals surface area contributed by atoms with Gasteiger partial charge in [0.2, 0.25) is 0 Å². The maximum absolute atomic E-state index is 13.9. The summed E-state index contributed by atoms with van der Waals surface area (Å²) in [5.41, 5.74) is 3.81. The molecule has 0 fully saturated rings. The number of hydrogen-bond acceptors (Lipinski definition) is 3. The molecule has 2 aromatic rings. The number of allylic oxidation sites excluding steroid dienone is 2. The van der Waals surface area contributed by atoms with Crippen LogP contribution in [0.3, 0.4) is 0 Å². The first kappa shape index (κ1) is 14.9. The molecule has 0 bridgehead atoms. The summed E-state index contributed by atoms with van der Waals surface area (Å²) in [5.74, 6) is -0.340. The molecule has 0 radical (unpaired) electrons. The molecule has 0 amide bonds. The molecule has 2 aliphatic rings. The Hall–Kier alpha value is -2.62. The fourth-order valence-electron chi connectivity index (χ4n) is 4.29. The summed E-state index contributed by atoms with van der Waals surface area (Å²) in [6.07, 6.45) is 2.15. The normalized spacial score (nSPS) is 21.4. The lowest BCUT2D eigenvalue weighted by molar-refractivity contribution is -0.118. The molecule has 0 spiro atoms. The van der Waals surface area contributed by atoms with E-state index in [1.165, 1.54) is 19.1 Å². The van der Waals surface area contributed by atoms with Crippen molar-refractivity contribution in [3.8, 4) is 11.3 Å². The number of ketones is 2. The first-order valence-corrected chi connectivity index (χ1v) is 7.94. The van der Waals surface area contributed by atoms with E-state index in [9.17, 15) is 14.0 Å². The van der Waals surface area contributed by atoms with Crippen LogP contribution in [0.4, 0.5) is 4.39 Å². The van der Waals surface area contributed by atoms with E-state index in [2.05, 4.69) is 4.98 Å². The van der Waals surface area contributed by atoms with Gasteiger partial charge in [-0.15, -0.1) is 0 Å². The highest BCUT2D eigenvalue weighted by molar-refractivity contribution is 6.14. The van der Waals surface area contributed by atoms with E-state index < -0.39 is 5.41 Å². The highest BCUT2D eigenvalue weighted by Gasteiger charge is 2.51. The number of pyridine rings is 1. The van der Waals surface area contributed by atoms with E-state index in [1.807, 2.05) is 12.1 Å². The monoisotopic (exact) mass is 321 g/mol. The topological polar surface area (TPSA) is 47.0 Å². The lowest BCUT2D eigenvalue weighted by atomic mass is 9.64. The number of halogens is 1. The van der Waals surface area contributed by atoms with Crippen molar-refractivity contribution in [2.24, 2.45) is 0 Å². The minimum atomic E-state index is -0.725. The van der Waals surface area contributed by atoms with Gasteiger partial charge in [0.1, 0.15) is 11.6 Å². The lowest BCUT2D eigenvalue weighted by Crippen LogP contribution is -2.32. The Bertz CT molecular complexity index is 944. The van der Waals surface area contributed by atoms with Crippen LogP contribution in [0.2, 0.25) is 0 Å². The van der Waals surface area contributed by atoms with E-state index in [1.54, 1.807) is 19.2 Å². The second-order valence-corrected chi connectivity index (χ2v) is 6.65. The number of benzene rings is 1. The van der Waals surface area contributed by atoms with E-state index in [-0.39, 0.29) is 30.2 Å². The van der Waals surface area contributed by atoms with Crippen molar-refractivity contribution in [1.82, 2.24) is 4.98 Å². The smallest absolute Gasteiger partial charge is 0.160 e. The van der Waals surface area contributed by atoms with Crippen LogP contribution in [0, 0.1) is 5.82 Å². The van der Waals surface area contributed by atoms with Gasteiger partial charge < -0.3 is 0 Å². The fourth-order valence-corrected chi connectivity index (χ4v) is 4.29. The van der Waals surface area contributed by atoms with Crippen molar-refractivity contribution < 1.29 is 14.0 Å². The third kappa shape index (κ3) is 1.86. The predicted molar refractivity (Wildman–Crippen MR) is 88.8 cm³/mol. The van der Waals surface area contributed by atoms with Gasteiger partial charge in [0.25, 0.3) is 0 Å². The van der Waals surface area contributed by atoms with Gasteiger partial charge in [-0.05, 0) is 60.4 Å². The summed E-state index contributed by atoms with van der Waals surface area (Å²) < 4.78 is 13.9. The summed E-state index contributed by atoms with van der Waals surface area (Å²) in [7, 11) is 0. The first-order chi connectivity index (χ1) is 11.4. The Kier molecular flexibility index (Phi) is 3.07. The quantitative estimate of drug-likeness (QED) is 0.843. The van der Waals surface area contributed by atoms with Gasteiger partial charge in [0.15, 0.2) is 5.78 Å². The zero-order valence-electron chi connectivity index (χ0n) is 13.5. The van der Waals surface area contributed by atoms with Crippen molar-refractivity contribution >= 4 is 17.1 Å². The standard InChI is InChI=1S/C20H16FNO2/c1-11(23)9-20-10-17(24)12(2)18(20)15-8-13(21)5-6-14(15)19-16(20)4-3-7-22-19/h3-8H,9-10H2,1-2H3. The summed E-state index contributed by atoms with van der Waals surface area (Å²) >= 11 is 0. The summed E-state index contributed by atoms with van der Waals surface area (Å²) in [6, 6.07) is 8.33. The molecular weight excluding hydrogens is 305 g/mol. The molecule has 1 unspecified atom stereocenters. The number of Topliss-reactive ketones (excluding diaryl/α,β-unsaturated/α-hetero) is 2. The van der Waals surface area contributed by atoms with E-state index in [4.69, 9.17) is 0 Å². The number of carbonyl (C=O) groups excluding carboxylic acids is 2. The van der Waals surface area contributed by atoms with Gasteiger partial charge in [-0.25, -0.2) is 4.39 Å². The number of nitrogens with zero attached hydrogens (tertiary/aromatic N) is 1. The van der Waals surface area contributed by atoms with Crippen LogP contribution in [0.15, 0.2) is 42.1 Å². The Balaban J connectivity index is 2.15. The zero-order valence-corrected chi connectivity index (χ0v) is 13.5. The largest absolute Gasteiger partial charge is 0.300 e. The molecule has 1 heterocycles. The zero-order chi connectivity index (χ0) is 17.1. The molecule has 0 saturated heterocycles. The average Bonchev–Trinajstić information content (AvgIpc) is 2.78. The number of rotatable bonds is 2. The minimum Gasteiger partial charge on any atom is -0.300 e. The lowest BCUT2D eigenvalue weighted by Gasteiger charge is -2.38. The van der Waals surface area contributed by atoms with Crippen molar-refractivity contribution in [2.75, 3.05) is 0 Å². The molecule has 0 saturated carbocycles. The van der Waals surface area contributed by atoms with Crippen LogP contribution < -0.4 is 0 Å². The Morgan fingerprint density at radius 1 is 1.29 bits per heavy atom. The van der Waals surface area contributed by atoms with Gasteiger partial charge in [-0.3, -0.25) is 14.6 Å². The van der Waals surface area contributed by atoms with Crippen molar-refractivity contribution in [2.45, 2.75) is 32.1 Å². The van der Waals surface area contributed by atoms with Crippen molar-refractivity contribution in [1.29, 1.82) is 0 Å². The Morgan fingerprint density at radius 3 is 2.83 bits per heavy atom. The van der Waals surface area contributed by atoms with Gasteiger partial charge >= 0.3 is 0 Å². The van der Waals surface area contributed by atoms with E-state index >= 15 is 0 Å². The number of carbonyl (C=O) groups is 2. The van der Waals surface area contributed by atoms with Crippen LogP contribution in [0.25, 0.3) is 16.8 Å². The van der Waals surface area contributed by atoms with Gasteiger partial charge in [-0.2, -0.15) is 0 Å². The van der Waals surface area contributed by atoms with Crippen LogP contribution in [0.1, 0.15) is 37.8 Å². The molecule has 3 nitrogen and oxygen atoms in total. The molecule has 120 valence electrons. The maximum Gasteiger partial charge on any atom is 0.160 e. The molecule has 1 aromatic heterocycles. The fraction of sp³-hybridized carbons (Fsp3) is 0.250. The number of aromatic nitrogens is 1. The van der Waals surface area contributed by atoms with Crippen molar-refractivity contribution in [3.05, 3.63) is 59.0 Å². The maximum atomic E-state index is 13.9. The molecule has 1 atom stereocenters. The molecule has 2 aliphatic carbocycles. The van der Waals surface area contributed by atoms with Crippen LogP contribution >= 0.6 is 0 Å². The van der Waals surface area contributed by atoms with Crippen LogP contribution in [-0.2, 0) is 15.0 Å². The second-order valence-electron chi connectivity index (χ2n) is 6.65. The van der Waals surface area contributed by atoms with Crippen molar-refractivity contribution in [3.63, 3.8) is 0 Å². The van der Waals surface area contributed by atoms with E-state index in [0.717, 1.165) is 22.4 Å². The third-order valence-electron chi connectivity index (χ3n) is 5.11. The third-order valence-corrected chi connectivity index (χ3v) is 5.11. The molecule has 4 heteroatoms. The summed E-state index contributed by atoms with van der Waals surface area (Å²) in [4.78, 5) is 29.1. The number of hydrogen-bond donors (Lipinski definition) is 0. The molecule has 4 rings (SSSR count). The molecule has 0 N–H and O–H groups in total. The minimum absolute atomic E-state index is 0.00431. The summed E-state index contributed by atoms with van der Waals surface area (Å²) in [5, 5.41) is 0. The van der Waals surface area contributed by atoms with Gasteiger partial charge in [0, 0.05) is 30.0 Å². The highest BCUT2D eigenvalue weighted by atomic mass is 19.1. The predicted octanol–water partition coefficient (Wildman–Crippen LogP) is 3.86. The van der Waals surface area contributed by atoms with Gasteiger partial charge in [0.05, 0.1) is 5.69 Å². The summed E-state index contributed by atoms with van der Waals surface area (Å²) in [6.45, 7) is 3.30. The van der Waals surface area contributed by atoms with E-state index in [0.29, 0.717) is 11.1 Å². The molecular formula is C20H16FNO2. The number of fused-ring (bicyclic) bond motifs is 6. The molecule has 24 heavy (non-hydrogen) atoms. The second kappa shape index (κ2) is 4.94.